The first kappa shape index (κ1) is 16.3. The van der Waals surface area contributed by atoms with Crippen LogP contribution in [0.1, 0.15) is 30.0 Å². The lowest BCUT2D eigenvalue weighted by Crippen LogP contribution is -2.40. The molecule has 2 aliphatic rings. The molecule has 132 valence electrons. The van der Waals surface area contributed by atoms with E-state index in [1.54, 1.807) is 5.01 Å². The molecule has 2 atom stereocenters. The Morgan fingerprint density at radius 1 is 1.08 bits per heavy atom. The number of hydrazone groups is 1. The van der Waals surface area contributed by atoms with Crippen molar-refractivity contribution in [3.05, 3.63) is 65.7 Å². The second-order valence-corrected chi connectivity index (χ2v) is 6.61. The molecule has 6 nitrogen and oxygen atoms in total. The summed E-state index contributed by atoms with van der Waals surface area (Å²) in [4.78, 5) is 24.6. The van der Waals surface area contributed by atoms with Gasteiger partial charge in [0.1, 0.15) is 11.8 Å². The molecule has 0 spiro atoms. The summed E-state index contributed by atoms with van der Waals surface area (Å²) in [5.74, 6) is -0.733. The number of aryl methyl sites for hydroxylation is 1. The Balaban J connectivity index is 1.54. The van der Waals surface area contributed by atoms with Gasteiger partial charge in [0, 0.05) is 6.42 Å². The van der Waals surface area contributed by atoms with Gasteiger partial charge in [0.2, 0.25) is 5.91 Å². The van der Waals surface area contributed by atoms with Crippen molar-refractivity contribution in [1.82, 2.24) is 5.32 Å². The second kappa shape index (κ2) is 6.63. The van der Waals surface area contributed by atoms with Gasteiger partial charge in [-0.2, -0.15) is 5.10 Å². The summed E-state index contributed by atoms with van der Waals surface area (Å²) in [7, 11) is 0. The van der Waals surface area contributed by atoms with E-state index in [2.05, 4.69) is 16.5 Å². The minimum Gasteiger partial charge on any atom is -0.368 e. The largest absolute Gasteiger partial charge is 0.368 e. The summed E-state index contributed by atoms with van der Waals surface area (Å²) >= 11 is 0. The Bertz CT molecular complexity index is 878. The Labute approximate surface area is 151 Å². The maximum absolute atomic E-state index is 12.7. The van der Waals surface area contributed by atoms with Crippen LogP contribution < -0.4 is 16.1 Å². The summed E-state index contributed by atoms with van der Waals surface area (Å²) < 4.78 is 0. The lowest BCUT2D eigenvalue weighted by atomic mass is 10.1. The highest BCUT2D eigenvalue weighted by atomic mass is 16.2. The highest BCUT2D eigenvalue weighted by molar-refractivity contribution is 6.40. The topological polar surface area (TPSA) is 87.8 Å². The molecule has 0 aromatic heterocycles. The number of fused-ring (bicyclic) bond motifs is 1. The molecular weight excluding hydrogens is 328 g/mol. The quantitative estimate of drug-likeness (QED) is 0.885. The number of anilines is 1. The summed E-state index contributed by atoms with van der Waals surface area (Å²) in [5, 5.41) is 9.00. The molecule has 0 saturated heterocycles. The van der Waals surface area contributed by atoms with E-state index >= 15 is 0 Å². The number of hydrogen-bond acceptors (Lipinski definition) is 4. The standard InChI is InChI=1S/C20H20N4O2/c21-19(25)18-12-17(23-24(18)14-7-2-1-3-8-14)20(26)22-16-11-10-13-6-4-5-9-15(13)16/h1-9,16,18H,10-12H2,(H2,21,25)(H,22,26). The molecule has 0 saturated carbocycles. The van der Waals surface area contributed by atoms with Crippen LogP contribution in [0.5, 0.6) is 0 Å². The minimum atomic E-state index is -0.644. The Hall–Kier alpha value is -3.15. The van der Waals surface area contributed by atoms with Gasteiger partial charge >= 0.3 is 0 Å². The SMILES string of the molecule is NC(=O)C1CC(C(=O)NC2CCc3ccccc32)=NN1c1ccccc1. The maximum Gasteiger partial charge on any atom is 0.268 e. The summed E-state index contributed by atoms with van der Waals surface area (Å²) in [6.07, 6.45) is 2.04. The molecule has 1 aliphatic carbocycles. The smallest absolute Gasteiger partial charge is 0.268 e. The lowest BCUT2D eigenvalue weighted by Gasteiger charge is -2.20. The first-order valence-electron chi connectivity index (χ1n) is 8.73. The van der Waals surface area contributed by atoms with E-state index in [1.165, 1.54) is 5.56 Å². The van der Waals surface area contributed by atoms with Crippen LogP contribution in [-0.2, 0) is 16.0 Å². The zero-order valence-electron chi connectivity index (χ0n) is 14.3. The van der Waals surface area contributed by atoms with Crippen LogP contribution in [-0.4, -0.2) is 23.6 Å². The van der Waals surface area contributed by atoms with Crippen molar-refractivity contribution < 1.29 is 9.59 Å². The Kier molecular flexibility index (Phi) is 4.16. The first-order valence-corrected chi connectivity index (χ1v) is 8.73. The molecule has 0 bridgehead atoms. The van der Waals surface area contributed by atoms with Crippen LogP contribution in [0.3, 0.4) is 0 Å². The molecule has 2 unspecified atom stereocenters. The molecule has 3 N–H and O–H groups in total. The van der Waals surface area contributed by atoms with Crippen molar-refractivity contribution >= 4 is 23.2 Å². The first-order chi connectivity index (χ1) is 12.6. The molecule has 0 radical (unpaired) electrons. The molecule has 6 heteroatoms. The molecule has 1 heterocycles. The van der Waals surface area contributed by atoms with Gasteiger partial charge in [0.05, 0.1) is 11.7 Å². The van der Waals surface area contributed by atoms with Gasteiger partial charge in [-0.1, -0.05) is 42.5 Å². The second-order valence-electron chi connectivity index (χ2n) is 6.61. The van der Waals surface area contributed by atoms with Gasteiger partial charge in [0.25, 0.3) is 5.91 Å². The third-order valence-electron chi connectivity index (χ3n) is 4.96. The molecule has 26 heavy (non-hydrogen) atoms. The molecule has 2 aromatic rings. The number of amides is 2. The van der Waals surface area contributed by atoms with Crippen LogP contribution in [0.25, 0.3) is 0 Å². The zero-order valence-corrected chi connectivity index (χ0v) is 14.3. The minimum absolute atomic E-state index is 0.0146. The summed E-state index contributed by atoms with van der Waals surface area (Å²) in [5.41, 5.74) is 9.03. The van der Waals surface area contributed by atoms with Crippen LogP contribution in [0.2, 0.25) is 0 Å². The number of hydrogen-bond donors (Lipinski definition) is 2. The number of benzene rings is 2. The number of nitrogens with zero attached hydrogens (tertiary/aromatic N) is 2. The fraction of sp³-hybridized carbons (Fsp3) is 0.250. The van der Waals surface area contributed by atoms with Crippen molar-refractivity contribution in [2.24, 2.45) is 10.8 Å². The summed E-state index contributed by atoms with van der Waals surface area (Å²) in [6.45, 7) is 0. The van der Waals surface area contributed by atoms with E-state index in [1.807, 2.05) is 48.5 Å². The van der Waals surface area contributed by atoms with Gasteiger partial charge in [-0.3, -0.25) is 14.6 Å². The van der Waals surface area contributed by atoms with E-state index in [9.17, 15) is 9.59 Å². The third kappa shape index (κ3) is 2.94. The number of nitrogens with one attached hydrogen (secondary N) is 1. The van der Waals surface area contributed by atoms with Crippen LogP contribution in [0.4, 0.5) is 5.69 Å². The van der Waals surface area contributed by atoms with Crippen molar-refractivity contribution in [3.8, 4) is 0 Å². The molecule has 2 aromatic carbocycles. The van der Waals surface area contributed by atoms with Crippen LogP contribution in [0, 0.1) is 0 Å². The zero-order chi connectivity index (χ0) is 18.1. The van der Waals surface area contributed by atoms with Crippen LogP contribution >= 0.6 is 0 Å². The van der Waals surface area contributed by atoms with Gasteiger partial charge in [-0.05, 0) is 36.1 Å². The van der Waals surface area contributed by atoms with Gasteiger partial charge < -0.3 is 11.1 Å². The van der Waals surface area contributed by atoms with Gasteiger partial charge in [-0.15, -0.1) is 0 Å². The average Bonchev–Trinajstić information content (AvgIpc) is 3.28. The molecule has 0 fully saturated rings. The molecule has 1 aliphatic heterocycles. The van der Waals surface area contributed by atoms with Gasteiger partial charge in [0.15, 0.2) is 0 Å². The highest BCUT2D eigenvalue weighted by Crippen LogP contribution is 2.31. The van der Waals surface area contributed by atoms with E-state index in [0.717, 1.165) is 24.1 Å². The Morgan fingerprint density at radius 3 is 2.58 bits per heavy atom. The van der Waals surface area contributed by atoms with Crippen molar-refractivity contribution in [3.63, 3.8) is 0 Å². The van der Waals surface area contributed by atoms with Gasteiger partial charge in [-0.25, -0.2) is 0 Å². The van der Waals surface area contributed by atoms with Crippen molar-refractivity contribution in [1.29, 1.82) is 0 Å². The van der Waals surface area contributed by atoms with E-state index < -0.39 is 11.9 Å². The third-order valence-corrected chi connectivity index (χ3v) is 4.96. The predicted molar refractivity (Wildman–Crippen MR) is 99.6 cm³/mol. The maximum atomic E-state index is 12.7. The number of nitrogens with two attached hydrogens (primary N) is 1. The van der Waals surface area contributed by atoms with Crippen molar-refractivity contribution in [2.45, 2.75) is 31.3 Å². The monoisotopic (exact) mass is 348 g/mol. The predicted octanol–water partition coefficient (Wildman–Crippen LogP) is 1.91. The molecule has 2 amide bonds. The molecule has 4 rings (SSSR count). The van der Waals surface area contributed by atoms with Crippen LogP contribution in [0.15, 0.2) is 59.7 Å². The average molecular weight is 348 g/mol. The number of carbonyl (C=O) groups excluding carboxylic acids is 2. The van der Waals surface area contributed by atoms with E-state index in [0.29, 0.717) is 5.71 Å². The van der Waals surface area contributed by atoms with Crippen molar-refractivity contribution in [2.75, 3.05) is 5.01 Å². The Morgan fingerprint density at radius 2 is 1.81 bits per heavy atom. The normalized spacial score (nSPS) is 21.2. The van der Waals surface area contributed by atoms with E-state index in [4.69, 9.17) is 5.73 Å². The fourth-order valence-electron chi connectivity index (χ4n) is 3.64. The number of rotatable bonds is 4. The van der Waals surface area contributed by atoms with E-state index in [-0.39, 0.29) is 18.4 Å². The fourth-order valence-corrected chi connectivity index (χ4v) is 3.64. The number of carbonyl (C=O) groups is 2. The molecular formula is C20H20N4O2. The number of para-hydroxylation sites is 1. The lowest BCUT2D eigenvalue weighted by molar-refractivity contribution is -0.119. The number of primary amides is 1. The summed E-state index contributed by atoms with van der Waals surface area (Å²) in [6, 6.07) is 16.8. The highest BCUT2D eigenvalue weighted by Gasteiger charge is 2.36.